The Balaban J connectivity index is 2.47. The van der Waals surface area contributed by atoms with Crippen LogP contribution in [0.15, 0.2) is 18.3 Å². The molecule has 0 atom stereocenters. The van der Waals surface area contributed by atoms with Gasteiger partial charge in [-0.25, -0.2) is 9.07 Å². The molecule has 0 aliphatic carbocycles. The molecular formula is C11H11Cl2FN4. The zero-order valence-electron chi connectivity index (χ0n) is 9.78. The second-order valence-corrected chi connectivity index (χ2v) is 5.31. The van der Waals surface area contributed by atoms with Crippen LogP contribution in [-0.2, 0) is 5.54 Å². The van der Waals surface area contributed by atoms with Gasteiger partial charge in [0.2, 0.25) is 0 Å². The van der Waals surface area contributed by atoms with Crippen LogP contribution in [0.2, 0.25) is 10.0 Å². The van der Waals surface area contributed by atoms with Crippen molar-refractivity contribution in [3.63, 3.8) is 0 Å². The third-order valence-electron chi connectivity index (χ3n) is 2.39. The van der Waals surface area contributed by atoms with E-state index in [4.69, 9.17) is 28.9 Å². The van der Waals surface area contributed by atoms with Crippen LogP contribution in [0, 0.1) is 5.82 Å². The summed E-state index contributed by atoms with van der Waals surface area (Å²) in [5, 5.41) is 7.73. The van der Waals surface area contributed by atoms with Gasteiger partial charge in [-0.15, -0.1) is 5.10 Å². The standard InChI is InChI=1S/C11H11Cl2FN4/c1-11(2,15)9-5-18(17-16-9)6-3-7(12)10(14)8(13)4-6/h3-5H,15H2,1-2H3. The van der Waals surface area contributed by atoms with Gasteiger partial charge >= 0.3 is 0 Å². The number of hydrogen-bond acceptors (Lipinski definition) is 3. The van der Waals surface area contributed by atoms with Gasteiger partial charge in [-0.2, -0.15) is 0 Å². The van der Waals surface area contributed by atoms with E-state index in [0.29, 0.717) is 11.4 Å². The van der Waals surface area contributed by atoms with Crippen molar-refractivity contribution in [2.24, 2.45) is 5.73 Å². The molecule has 0 saturated heterocycles. The Labute approximate surface area is 113 Å². The first-order chi connectivity index (χ1) is 8.29. The zero-order chi connectivity index (χ0) is 13.5. The minimum atomic E-state index is -0.651. The number of benzene rings is 1. The van der Waals surface area contributed by atoms with Gasteiger partial charge in [0.1, 0.15) is 5.69 Å². The summed E-state index contributed by atoms with van der Waals surface area (Å²) < 4.78 is 14.7. The molecule has 1 aromatic heterocycles. The number of nitrogens with zero attached hydrogens (tertiary/aromatic N) is 3. The molecule has 18 heavy (non-hydrogen) atoms. The lowest BCUT2D eigenvalue weighted by molar-refractivity contribution is 0.533. The first-order valence-electron chi connectivity index (χ1n) is 5.15. The maximum Gasteiger partial charge on any atom is 0.160 e. The molecular weight excluding hydrogens is 278 g/mol. The molecule has 4 nitrogen and oxygen atoms in total. The van der Waals surface area contributed by atoms with Crippen molar-refractivity contribution < 1.29 is 4.39 Å². The molecule has 96 valence electrons. The van der Waals surface area contributed by atoms with Crippen LogP contribution in [0.1, 0.15) is 19.5 Å². The number of hydrogen-bond donors (Lipinski definition) is 1. The molecule has 0 spiro atoms. The van der Waals surface area contributed by atoms with E-state index in [2.05, 4.69) is 10.3 Å². The van der Waals surface area contributed by atoms with Crippen LogP contribution in [0.4, 0.5) is 4.39 Å². The summed E-state index contributed by atoms with van der Waals surface area (Å²) in [6.45, 7) is 3.62. The number of rotatable bonds is 2. The maximum atomic E-state index is 13.3. The average molecular weight is 289 g/mol. The molecule has 7 heteroatoms. The summed E-state index contributed by atoms with van der Waals surface area (Å²) in [6.07, 6.45) is 1.65. The fourth-order valence-corrected chi connectivity index (χ4v) is 1.84. The summed E-state index contributed by atoms with van der Waals surface area (Å²) in [5.74, 6) is -0.651. The quantitative estimate of drug-likeness (QED) is 0.865. The van der Waals surface area contributed by atoms with E-state index in [0.717, 1.165) is 0 Å². The van der Waals surface area contributed by atoms with E-state index >= 15 is 0 Å². The molecule has 0 aliphatic heterocycles. The van der Waals surface area contributed by atoms with E-state index in [9.17, 15) is 4.39 Å². The van der Waals surface area contributed by atoms with Gasteiger partial charge in [0, 0.05) is 0 Å². The molecule has 2 N–H and O–H groups in total. The minimum Gasteiger partial charge on any atom is -0.320 e. The maximum absolute atomic E-state index is 13.3. The molecule has 0 fully saturated rings. The summed E-state index contributed by atoms with van der Waals surface area (Å²) in [7, 11) is 0. The van der Waals surface area contributed by atoms with Crippen LogP contribution in [0.5, 0.6) is 0 Å². The second kappa shape index (κ2) is 4.50. The van der Waals surface area contributed by atoms with Crippen LogP contribution in [0.25, 0.3) is 5.69 Å². The van der Waals surface area contributed by atoms with Gasteiger partial charge in [0.25, 0.3) is 0 Å². The van der Waals surface area contributed by atoms with Crippen molar-refractivity contribution in [3.8, 4) is 5.69 Å². The normalized spacial score (nSPS) is 11.9. The Kier molecular flexibility index (Phi) is 3.31. The van der Waals surface area contributed by atoms with Crippen molar-refractivity contribution >= 4 is 23.2 Å². The van der Waals surface area contributed by atoms with Crippen LogP contribution < -0.4 is 5.73 Å². The summed E-state index contributed by atoms with van der Waals surface area (Å²) in [5.41, 5.74) is 6.43. The summed E-state index contributed by atoms with van der Waals surface area (Å²) in [4.78, 5) is 0. The third kappa shape index (κ3) is 2.48. The van der Waals surface area contributed by atoms with Gasteiger partial charge in [0.15, 0.2) is 5.82 Å². The largest absolute Gasteiger partial charge is 0.320 e. The van der Waals surface area contributed by atoms with E-state index in [1.165, 1.54) is 16.8 Å². The third-order valence-corrected chi connectivity index (χ3v) is 2.94. The molecule has 0 saturated carbocycles. The zero-order valence-corrected chi connectivity index (χ0v) is 11.3. The highest BCUT2D eigenvalue weighted by Gasteiger charge is 2.19. The lowest BCUT2D eigenvalue weighted by Gasteiger charge is -2.13. The van der Waals surface area contributed by atoms with Gasteiger partial charge in [-0.05, 0) is 26.0 Å². The van der Waals surface area contributed by atoms with E-state index < -0.39 is 11.4 Å². The molecule has 2 aromatic rings. The van der Waals surface area contributed by atoms with Crippen LogP contribution in [0.3, 0.4) is 0 Å². The molecule has 2 rings (SSSR count). The van der Waals surface area contributed by atoms with Crippen molar-refractivity contribution in [1.29, 1.82) is 0 Å². The van der Waals surface area contributed by atoms with Gasteiger partial charge in [0.05, 0.1) is 27.5 Å². The first kappa shape index (κ1) is 13.3. The lowest BCUT2D eigenvalue weighted by Crippen LogP contribution is -2.29. The number of halogens is 3. The molecule has 1 heterocycles. The highest BCUT2D eigenvalue weighted by molar-refractivity contribution is 6.35. The smallest absolute Gasteiger partial charge is 0.160 e. The predicted molar refractivity (Wildman–Crippen MR) is 68.6 cm³/mol. The van der Waals surface area contributed by atoms with Gasteiger partial charge in [-0.1, -0.05) is 28.4 Å². The first-order valence-corrected chi connectivity index (χ1v) is 5.91. The summed E-state index contributed by atoms with van der Waals surface area (Å²) in [6, 6.07) is 2.84. The second-order valence-electron chi connectivity index (χ2n) is 4.49. The number of nitrogens with two attached hydrogens (primary N) is 1. The van der Waals surface area contributed by atoms with Crippen molar-refractivity contribution in [3.05, 3.63) is 39.9 Å². The average Bonchev–Trinajstić information content (AvgIpc) is 2.73. The van der Waals surface area contributed by atoms with Crippen LogP contribution in [-0.4, -0.2) is 15.0 Å². The SMILES string of the molecule is CC(C)(N)c1cn(-c2cc(Cl)c(F)c(Cl)c2)nn1. The Morgan fingerprint density at radius 3 is 2.28 bits per heavy atom. The van der Waals surface area contributed by atoms with Crippen molar-refractivity contribution in [2.45, 2.75) is 19.4 Å². The molecule has 0 amide bonds. The molecule has 0 aliphatic rings. The highest BCUT2D eigenvalue weighted by Crippen LogP contribution is 2.26. The van der Waals surface area contributed by atoms with Crippen LogP contribution >= 0.6 is 23.2 Å². The van der Waals surface area contributed by atoms with E-state index in [-0.39, 0.29) is 10.0 Å². The lowest BCUT2D eigenvalue weighted by atomic mass is 10.0. The number of aromatic nitrogens is 3. The fraction of sp³-hybridized carbons (Fsp3) is 0.273. The van der Waals surface area contributed by atoms with Crippen molar-refractivity contribution in [2.75, 3.05) is 0 Å². The Bertz CT molecular complexity index is 566. The van der Waals surface area contributed by atoms with E-state index in [1.807, 2.05) is 13.8 Å². The highest BCUT2D eigenvalue weighted by atomic mass is 35.5. The Morgan fingerprint density at radius 2 is 1.83 bits per heavy atom. The topological polar surface area (TPSA) is 56.7 Å². The molecule has 0 bridgehead atoms. The molecule has 1 aromatic carbocycles. The van der Waals surface area contributed by atoms with Gasteiger partial charge in [-0.3, -0.25) is 0 Å². The summed E-state index contributed by atoms with van der Waals surface area (Å²) >= 11 is 11.4. The predicted octanol–water partition coefficient (Wildman–Crippen LogP) is 2.91. The Morgan fingerprint density at radius 1 is 1.28 bits per heavy atom. The van der Waals surface area contributed by atoms with Crippen molar-refractivity contribution in [1.82, 2.24) is 15.0 Å². The molecule has 0 radical (unpaired) electrons. The monoisotopic (exact) mass is 288 g/mol. The minimum absolute atomic E-state index is 0.0680. The Hall–Kier alpha value is -1.17. The van der Waals surface area contributed by atoms with E-state index in [1.54, 1.807) is 6.20 Å². The molecule has 0 unspecified atom stereocenters. The fourth-order valence-electron chi connectivity index (χ4n) is 1.36. The van der Waals surface area contributed by atoms with Gasteiger partial charge < -0.3 is 5.73 Å².